The molecule has 0 aliphatic carbocycles. The van der Waals surface area contributed by atoms with Gasteiger partial charge in [-0.25, -0.2) is 0 Å². The van der Waals surface area contributed by atoms with E-state index in [9.17, 15) is 15.0 Å². The van der Waals surface area contributed by atoms with E-state index in [1.54, 1.807) is 24.5 Å². The number of phenols is 2. The Labute approximate surface area is 107 Å². The van der Waals surface area contributed by atoms with Crippen LogP contribution in [0.3, 0.4) is 0 Å². The van der Waals surface area contributed by atoms with Crippen LogP contribution in [0.4, 0.5) is 0 Å². The van der Waals surface area contributed by atoms with Gasteiger partial charge in [-0.2, -0.15) is 0 Å². The Kier molecular flexibility index (Phi) is 2.45. The summed E-state index contributed by atoms with van der Waals surface area (Å²) in [6.07, 6.45) is 3.15. The summed E-state index contributed by atoms with van der Waals surface area (Å²) in [6.45, 7) is 0. The Morgan fingerprint density at radius 3 is 2.74 bits per heavy atom. The highest BCUT2D eigenvalue weighted by Gasteiger charge is 2.13. The van der Waals surface area contributed by atoms with E-state index in [4.69, 9.17) is 4.42 Å². The van der Waals surface area contributed by atoms with Gasteiger partial charge in [-0.15, -0.1) is 0 Å². The maximum atomic E-state index is 12.0. The van der Waals surface area contributed by atoms with E-state index in [-0.39, 0.29) is 27.9 Å². The number of aromatic hydroxyl groups is 2. The zero-order valence-electron chi connectivity index (χ0n) is 9.70. The third-order valence-electron chi connectivity index (χ3n) is 2.80. The molecule has 0 atom stereocenters. The molecule has 0 aliphatic rings. The number of fused-ring (bicyclic) bond motifs is 1. The lowest BCUT2D eigenvalue weighted by Gasteiger charge is -2.05. The number of hydrogen-bond acceptors (Lipinski definition) is 5. The van der Waals surface area contributed by atoms with E-state index in [2.05, 4.69) is 4.98 Å². The number of pyridine rings is 1. The Hall–Kier alpha value is -2.82. The normalized spacial score (nSPS) is 10.7. The van der Waals surface area contributed by atoms with Gasteiger partial charge in [0.15, 0.2) is 16.8 Å². The minimum Gasteiger partial charge on any atom is -0.504 e. The minimum atomic E-state index is -0.444. The van der Waals surface area contributed by atoms with Crippen LogP contribution in [0, 0.1) is 0 Å². The van der Waals surface area contributed by atoms with Gasteiger partial charge < -0.3 is 14.6 Å². The monoisotopic (exact) mass is 255 g/mol. The average Bonchev–Trinajstić information content (AvgIpc) is 2.44. The van der Waals surface area contributed by atoms with Crippen LogP contribution >= 0.6 is 0 Å². The highest BCUT2D eigenvalue weighted by Crippen LogP contribution is 2.34. The zero-order chi connectivity index (χ0) is 13.4. The summed E-state index contributed by atoms with van der Waals surface area (Å²) in [5.41, 5.74) is 0.283. The molecule has 0 fully saturated rings. The number of hydrogen-bond donors (Lipinski definition) is 2. The highest BCUT2D eigenvalue weighted by molar-refractivity contribution is 5.86. The molecule has 0 spiro atoms. The standard InChI is InChI=1S/C14H9NO4/c16-10-4-3-9-11(17)6-12(19-14(9)13(10)18)8-2-1-5-15-7-8/h1-7,16,18H. The van der Waals surface area contributed by atoms with Crippen molar-refractivity contribution >= 4 is 11.0 Å². The molecule has 2 heterocycles. The van der Waals surface area contributed by atoms with Crippen molar-refractivity contribution in [3.05, 3.63) is 52.9 Å². The minimum absolute atomic E-state index is 0.0358. The lowest BCUT2D eigenvalue weighted by molar-refractivity contribution is 0.400. The second-order valence-corrected chi connectivity index (χ2v) is 4.03. The summed E-state index contributed by atoms with van der Waals surface area (Å²) >= 11 is 0. The van der Waals surface area contributed by atoms with Gasteiger partial charge in [0.2, 0.25) is 5.75 Å². The first-order valence-electron chi connectivity index (χ1n) is 5.56. The van der Waals surface area contributed by atoms with Crippen molar-refractivity contribution < 1.29 is 14.6 Å². The Balaban J connectivity index is 2.36. The second-order valence-electron chi connectivity index (χ2n) is 4.03. The number of phenolic OH excluding ortho intramolecular Hbond substituents is 2. The first kappa shape index (κ1) is 11.3. The molecule has 2 aromatic heterocycles. The van der Waals surface area contributed by atoms with Gasteiger partial charge in [-0.1, -0.05) is 0 Å². The molecule has 3 rings (SSSR count). The summed E-state index contributed by atoms with van der Waals surface area (Å²) in [5, 5.41) is 19.4. The largest absolute Gasteiger partial charge is 0.504 e. The number of benzene rings is 1. The third-order valence-corrected chi connectivity index (χ3v) is 2.80. The smallest absolute Gasteiger partial charge is 0.201 e. The lowest BCUT2D eigenvalue weighted by Crippen LogP contribution is -2.00. The molecule has 0 aliphatic heterocycles. The van der Waals surface area contributed by atoms with Crippen molar-refractivity contribution in [2.75, 3.05) is 0 Å². The van der Waals surface area contributed by atoms with Crippen molar-refractivity contribution in [1.82, 2.24) is 4.98 Å². The van der Waals surface area contributed by atoms with Gasteiger partial charge in [-0.05, 0) is 24.3 Å². The van der Waals surface area contributed by atoms with E-state index in [0.717, 1.165) is 0 Å². The molecular formula is C14H9NO4. The molecule has 1 aromatic carbocycles. The van der Waals surface area contributed by atoms with Gasteiger partial charge >= 0.3 is 0 Å². The fourth-order valence-corrected chi connectivity index (χ4v) is 1.85. The van der Waals surface area contributed by atoms with E-state index >= 15 is 0 Å². The molecule has 5 heteroatoms. The van der Waals surface area contributed by atoms with Gasteiger partial charge in [-0.3, -0.25) is 9.78 Å². The predicted molar refractivity (Wildman–Crippen MR) is 69.0 cm³/mol. The second kappa shape index (κ2) is 4.13. The number of rotatable bonds is 1. The zero-order valence-corrected chi connectivity index (χ0v) is 9.70. The molecule has 0 radical (unpaired) electrons. The third kappa shape index (κ3) is 1.81. The fraction of sp³-hybridized carbons (Fsp3) is 0. The maximum absolute atomic E-state index is 12.0. The van der Waals surface area contributed by atoms with Crippen LogP contribution in [0.15, 0.2) is 51.9 Å². The number of aromatic nitrogens is 1. The van der Waals surface area contributed by atoms with Crippen LogP contribution in [-0.4, -0.2) is 15.2 Å². The highest BCUT2D eigenvalue weighted by atomic mass is 16.4. The van der Waals surface area contributed by atoms with Gasteiger partial charge in [0.05, 0.1) is 5.39 Å². The molecule has 0 unspecified atom stereocenters. The molecule has 0 amide bonds. The molecule has 94 valence electrons. The molecule has 2 N–H and O–H groups in total. The summed E-state index contributed by atoms with van der Waals surface area (Å²) < 4.78 is 5.49. The fourth-order valence-electron chi connectivity index (χ4n) is 1.85. The van der Waals surface area contributed by atoms with Crippen LogP contribution in [0.5, 0.6) is 11.5 Å². The maximum Gasteiger partial charge on any atom is 0.201 e. The summed E-state index contributed by atoms with van der Waals surface area (Å²) in [5.74, 6) is -0.495. The summed E-state index contributed by atoms with van der Waals surface area (Å²) in [7, 11) is 0. The lowest BCUT2D eigenvalue weighted by atomic mass is 10.1. The molecule has 5 nitrogen and oxygen atoms in total. The van der Waals surface area contributed by atoms with E-state index in [1.807, 2.05) is 0 Å². The van der Waals surface area contributed by atoms with Crippen molar-refractivity contribution in [2.24, 2.45) is 0 Å². The Morgan fingerprint density at radius 1 is 1.16 bits per heavy atom. The molecule has 0 bridgehead atoms. The molecular weight excluding hydrogens is 246 g/mol. The Bertz CT molecular complexity index is 809. The van der Waals surface area contributed by atoms with Crippen molar-refractivity contribution in [3.8, 4) is 22.8 Å². The van der Waals surface area contributed by atoms with Gasteiger partial charge in [0, 0.05) is 24.0 Å². The predicted octanol–water partition coefficient (Wildman–Crippen LogP) is 2.27. The molecule has 3 aromatic rings. The van der Waals surface area contributed by atoms with Crippen LogP contribution in [-0.2, 0) is 0 Å². The van der Waals surface area contributed by atoms with Gasteiger partial charge in [0.1, 0.15) is 5.76 Å². The molecule has 0 saturated carbocycles. The van der Waals surface area contributed by atoms with Crippen molar-refractivity contribution in [2.45, 2.75) is 0 Å². The Morgan fingerprint density at radius 2 is 2.00 bits per heavy atom. The van der Waals surface area contributed by atoms with Crippen molar-refractivity contribution in [3.63, 3.8) is 0 Å². The van der Waals surface area contributed by atoms with Crippen LogP contribution in [0.25, 0.3) is 22.3 Å². The molecule has 19 heavy (non-hydrogen) atoms. The van der Waals surface area contributed by atoms with E-state index < -0.39 is 5.75 Å². The number of nitrogens with zero attached hydrogens (tertiary/aromatic N) is 1. The summed E-state index contributed by atoms with van der Waals surface area (Å²) in [6, 6.07) is 7.43. The molecule has 0 saturated heterocycles. The average molecular weight is 255 g/mol. The quantitative estimate of drug-likeness (QED) is 0.651. The van der Waals surface area contributed by atoms with E-state index in [0.29, 0.717) is 5.56 Å². The topological polar surface area (TPSA) is 83.6 Å². The van der Waals surface area contributed by atoms with E-state index in [1.165, 1.54) is 18.2 Å². The SMILES string of the molecule is O=c1cc(-c2cccnc2)oc2c(O)c(O)ccc12. The van der Waals surface area contributed by atoms with Crippen LogP contribution in [0.2, 0.25) is 0 Å². The van der Waals surface area contributed by atoms with Gasteiger partial charge in [0.25, 0.3) is 0 Å². The van der Waals surface area contributed by atoms with Crippen LogP contribution < -0.4 is 5.43 Å². The van der Waals surface area contributed by atoms with Crippen LogP contribution in [0.1, 0.15) is 0 Å². The summed E-state index contributed by atoms with van der Waals surface area (Å²) in [4.78, 5) is 15.9. The first-order valence-corrected chi connectivity index (χ1v) is 5.56. The first-order chi connectivity index (χ1) is 9.16. The van der Waals surface area contributed by atoms with Crippen molar-refractivity contribution in [1.29, 1.82) is 0 Å².